The molecule has 6 nitrogen and oxygen atoms in total. The fraction of sp³-hybridized carbons (Fsp3) is 0.200. The second kappa shape index (κ2) is 8.52. The van der Waals surface area contributed by atoms with Crippen molar-refractivity contribution in [2.24, 2.45) is 0 Å². The van der Waals surface area contributed by atoms with Crippen LogP contribution in [0.15, 0.2) is 79.4 Å². The molecule has 0 radical (unpaired) electrons. The monoisotopic (exact) mass is 409 g/mol. The van der Waals surface area contributed by atoms with Crippen LogP contribution >= 0.6 is 0 Å². The van der Waals surface area contributed by atoms with Crippen molar-refractivity contribution in [2.75, 3.05) is 0 Å². The fourth-order valence-electron chi connectivity index (χ4n) is 4.16. The largest absolute Gasteiger partial charge is 0.329 e. The Labute approximate surface area is 181 Å². The molecule has 1 aromatic carbocycles. The van der Waals surface area contributed by atoms with Crippen molar-refractivity contribution in [2.45, 2.75) is 32.4 Å². The standard InChI is InChI=1S/C25H23N5O/c31-25(24-22-9-4-10-23(22)30(28-24)21-7-2-1-3-8-21)29(17-19-11-14-26-15-12-19)18-20-6-5-13-27-16-20/h1-3,5-8,11-16H,4,9-10,17-18H2. The minimum absolute atomic E-state index is 0.0477. The zero-order chi connectivity index (χ0) is 21.0. The van der Waals surface area contributed by atoms with Gasteiger partial charge in [-0.1, -0.05) is 24.3 Å². The molecule has 31 heavy (non-hydrogen) atoms. The number of hydrogen-bond acceptors (Lipinski definition) is 4. The third kappa shape index (κ3) is 3.97. The topological polar surface area (TPSA) is 63.9 Å². The number of carbonyl (C=O) groups excluding carboxylic acids is 1. The Morgan fingerprint density at radius 1 is 0.871 bits per heavy atom. The number of para-hydroxylation sites is 1. The van der Waals surface area contributed by atoms with Crippen LogP contribution in [0.25, 0.3) is 5.69 Å². The van der Waals surface area contributed by atoms with Gasteiger partial charge >= 0.3 is 0 Å². The van der Waals surface area contributed by atoms with Crippen LogP contribution < -0.4 is 0 Å². The average molecular weight is 409 g/mol. The molecule has 1 amide bonds. The Balaban J connectivity index is 1.52. The first-order valence-electron chi connectivity index (χ1n) is 10.5. The predicted octanol–water partition coefficient (Wildman–Crippen LogP) is 3.99. The molecular formula is C25H23N5O. The summed E-state index contributed by atoms with van der Waals surface area (Å²) in [5.74, 6) is -0.0477. The Hall–Kier alpha value is -3.80. The molecule has 0 saturated carbocycles. The second-order valence-corrected chi connectivity index (χ2v) is 7.75. The molecule has 154 valence electrons. The van der Waals surface area contributed by atoms with E-state index in [-0.39, 0.29) is 5.91 Å². The van der Waals surface area contributed by atoms with Crippen LogP contribution in [0.4, 0.5) is 0 Å². The van der Waals surface area contributed by atoms with E-state index in [9.17, 15) is 4.79 Å². The fourth-order valence-corrected chi connectivity index (χ4v) is 4.16. The molecule has 6 heteroatoms. The molecule has 4 aromatic rings. The van der Waals surface area contributed by atoms with Crippen LogP contribution in [-0.4, -0.2) is 30.6 Å². The lowest BCUT2D eigenvalue weighted by Crippen LogP contribution is -2.31. The van der Waals surface area contributed by atoms with Gasteiger partial charge in [0.2, 0.25) is 0 Å². The molecule has 0 saturated heterocycles. The van der Waals surface area contributed by atoms with E-state index < -0.39 is 0 Å². The van der Waals surface area contributed by atoms with E-state index in [4.69, 9.17) is 5.10 Å². The third-order valence-corrected chi connectivity index (χ3v) is 5.64. The second-order valence-electron chi connectivity index (χ2n) is 7.75. The molecule has 0 bridgehead atoms. The lowest BCUT2D eigenvalue weighted by molar-refractivity contribution is 0.0722. The summed E-state index contributed by atoms with van der Waals surface area (Å²) in [5.41, 5.74) is 5.82. The summed E-state index contributed by atoms with van der Waals surface area (Å²) >= 11 is 0. The average Bonchev–Trinajstić information content (AvgIpc) is 3.43. The first kappa shape index (κ1) is 19.2. The lowest BCUT2D eigenvalue weighted by Gasteiger charge is -2.22. The summed E-state index contributed by atoms with van der Waals surface area (Å²) in [5, 5.41) is 4.80. The summed E-state index contributed by atoms with van der Waals surface area (Å²) in [6.45, 7) is 0.963. The third-order valence-electron chi connectivity index (χ3n) is 5.64. The lowest BCUT2D eigenvalue weighted by atomic mass is 10.1. The van der Waals surface area contributed by atoms with Crippen molar-refractivity contribution in [1.29, 1.82) is 0 Å². The highest BCUT2D eigenvalue weighted by Gasteiger charge is 2.29. The summed E-state index contributed by atoms with van der Waals surface area (Å²) in [6.07, 6.45) is 9.94. The normalized spacial score (nSPS) is 12.5. The van der Waals surface area contributed by atoms with Gasteiger partial charge < -0.3 is 4.90 Å². The van der Waals surface area contributed by atoms with Gasteiger partial charge in [0.25, 0.3) is 5.91 Å². The summed E-state index contributed by atoms with van der Waals surface area (Å²) in [4.78, 5) is 23.9. The Morgan fingerprint density at radius 3 is 2.45 bits per heavy atom. The van der Waals surface area contributed by atoms with Gasteiger partial charge in [-0.2, -0.15) is 5.10 Å². The van der Waals surface area contributed by atoms with Gasteiger partial charge in [-0.3, -0.25) is 14.8 Å². The summed E-state index contributed by atoms with van der Waals surface area (Å²) < 4.78 is 1.95. The Bertz CT molecular complexity index is 1130. The van der Waals surface area contributed by atoms with E-state index in [1.54, 1.807) is 24.8 Å². The SMILES string of the molecule is O=C(c1nn(-c2ccccc2)c2c1CCC2)N(Cc1ccncc1)Cc1cccnc1. The molecular weight excluding hydrogens is 386 g/mol. The van der Waals surface area contributed by atoms with E-state index in [0.717, 1.165) is 47.3 Å². The van der Waals surface area contributed by atoms with E-state index in [1.807, 2.05) is 64.2 Å². The minimum Gasteiger partial charge on any atom is -0.329 e. The van der Waals surface area contributed by atoms with E-state index in [1.165, 1.54) is 0 Å². The first-order chi connectivity index (χ1) is 15.3. The van der Waals surface area contributed by atoms with Crippen LogP contribution in [0.1, 0.15) is 39.3 Å². The predicted molar refractivity (Wildman–Crippen MR) is 118 cm³/mol. The Morgan fingerprint density at radius 2 is 1.68 bits per heavy atom. The first-order valence-corrected chi connectivity index (χ1v) is 10.5. The molecule has 1 aliphatic carbocycles. The van der Waals surface area contributed by atoms with Gasteiger partial charge in [-0.05, 0) is 60.7 Å². The smallest absolute Gasteiger partial charge is 0.275 e. The summed E-state index contributed by atoms with van der Waals surface area (Å²) in [7, 11) is 0. The molecule has 0 unspecified atom stereocenters. The number of amides is 1. The van der Waals surface area contributed by atoms with Crippen LogP contribution in [0, 0.1) is 0 Å². The number of rotatable bonds is 6. The van der Waals surface area contributed by atoms with E-state index in [0.29, 0.717) is 18.8 Å². The maximum Gasteiger partial charge on any atom is 0.275 e. The van der Waals surface area contributed by atoms with E-state index in [2.05, 4.69) is 9.97 Å². The van der Waals surface area contributed by atoms with Crippen molar-refractivity contribution < 1.29 is 4.79 Å². The van der Waals surface area contributed by atoms with Gasteiger partial charge in [0, 0.05) is 49.1 Å². The summed E-state index contributed by atoms with van der Waals surface area (Å²) in [6, 6.07) is 17.8. The van der Waals surface area contributed by atoms with Crippen molar-refractivity contribution >= 4 is 5.91 Å². The van der Waals surface area contributed by atoms with Crippen LogP contribution in [0.3, 0.4) is 0 Å². The van der Waals surface area contributed by atoms with Crippen LogP contribution in [-0.2, 0) is 25.9 Å². The van der Waals surface area contributed by atoms with Crippen LogP contribution in [0.2, 0.25) is 0 Å². The zero-order valence-corrected chi connectivity index (χ0v) is 17.2. The number of benzene rings is 1. The minimum atomic E-state index is -0.0477. The molecule has 0 fully saturated rings. The molecule has 1 aliphatic rings. The number of carbonyl (C=O) groups is 1. The van der Waals surface area contributed by atoms with Gasteiger partial charge in [-0.25, -0.2) is 4.68 Å². The number of pyridine rings is 2. The highest BCUT2D eigenvalue weighted by atomic mass is 16.2. The zero-order valence-electron chi connectivity index (χ0n) is 17.2. The van der Waals surface area contributed by atoms with Crippen molar-refractivity contribution in [3.8, 4) is 5.69 Å². The highest BCUT2D eigenvalue weighted by molar-refractivity contribution is 5.94. The number of aromatic nitrogens is 4. The number of hydrogen-bond donors (Lipinski definition) is 0. The van der Waals surface area contributed by atoms with Crippen LogP contribution in [0.5, 0.6) is 0 Å². The van der Waals surface area contributed by atoms with Crippen molar-refractivity contribution in [3.63, 3.8) is 0 Å². The van der Waals surface area contributed by atoms with Crippen molar-refractivity contribution in [3.05, 3.63) is 107 Å². The maximum atomic E-state index is 13.8. The van der Waals surface area contributed by atoms with Gasteiger partial charge in [0.15, 0.2) is 5.69 Å². The molecule has 5 rings (SSSR count). The van der Waals surface area contributed by atoms with Gasteiger partial charge in [0.05, 0.1) is 5.69 Å². The molecule has 0 aliphatic heterocycles. The number of nitrogens with zero attached hydrogens (tertiary/aromatic N) is 5. The number of fused-ring (bicyclic) bond motifs is 1. The molecule has 0 atom stereocenters. The van der Waals surface area contributed by atoms with Gasteiger partial charge in [-0.15, -0.1) is 0 Å². The quantitative estimate of drug-likeness (QED) is 0.483. The molecule has 0 spiro atoms. The van der Waals surface area contributed by atoms with E-state index >= 15 is 0 Å². The molecule has 3 heterocycles. The Kier molecular flexibility index (Phi) is 5.27. The van der Waals surface area contributed by atoms with Gasteiger partial charge in [0.1, 0.15) is 0 Å². The highest BCUT2D eigenvalue weighted by Crippen LogP contribution is 2.29. The molecule has 0 N–H and O–H groups in total. The van der Waals surface area contributed by atoms with Crippen molar-refractivity contribution in [1.82, 2.24) is 24.6 Å². The molecule has 3 aromatic heterocycles. The maximum absolute atomic E-state index is 13.8.